The van der Waals surface area contributed by atoms with Crippen LogP contribution in [0.3, 0.4) is 0 Å². The summed E-state index contributed by atoms with van der Waals surface area (Å²) < 4.78 is 36.1. The van der Waals surface area contributed by atoms with Crippen LogP contribution in [0.4, 0.5) is 0 Å². The maximum atomic E-state index is 12.1. The lowest BCUT2D eigenvalue weighted by atomic mass is 10.1. The highest BCUT2D eigenvalue weighted by Crippen LogP contribution is 2.34. The van der Waals surface area contributed by atoms with Crippen molar-refractivity contribution in [2.45, 2.75) is 25.4 Å². The van der Waals surface area contributed by atoms with Gasteiger partial charge in [-0.25, -0.2) is 12.7 Å². The van der Waals surface area contributed by atoms with Gasteiger partial charge >= 0.3 is 0 Å². The average Bonchev–Trinajstić information content (AvgIpc) is 3.35. The van der Waals surface area contributed by atoms with Gasteiger partial charge in [-0.1, -0.05) is 6.07 Å². The lowest BCUT2D eigenvalue weighted by Crippen LogP contribution is -2.40. The zero-order valence-corrected chi connectivity index (χ0v) is 15.0. The highest BCUT2D eigenvalue weighted by Gasteiger charge is 2.34. The van der Waals surface area contributed by atoms with Gasteiger partial charge in [0.25, 0.3) is 0 Å². The normalized spacial score (nSPS) is 16.4. The lowest BCUT2D eigenvalue weighted by molar-refractivity contribution is 0.387. The quantitative estimate of drug-likeness (QED) is 0.736. The fourth-order valence-corrected chi connectivity index (χ4v) is 3.62. The van der Waals surface area contributed by atoms with E-state index in [2.05, 4.69) is 5.32 Å². The van der Waals surface area contributed by atoms with Crippen LogP contribution < -0.4 is 14.8 Å². The molecule has 0 amide bonds. The van der Waals surface area contributed by atoms with Crippen molar-refractivity contribution in [3.8, 4) is 11.5 Å². The molecule has 1 fully saturated rings. The van der Waals surface area contributed by atoms with Gasteiger partial charge in [-0.15, -0.1) is 0 Å². The summed E-state index contributed by atoms with van der Waals surface area (Å²) in [5, 5.41) is 3.39. The van der Waals surface area contributed by atoms with E-state index in [0.717, 1.165) is 29.9 Å². The summed E-state index contributed by atoms with van der Waals surface area (Å²) in [6.07, 6.45) is 2.17. The minimum absolute atomic E-state index is 0.0331. The molecule has 0 heterocycles. The maximum absolute atomic E-state index is 12.1. The molecule has 0 saturated heterocycles. The van der Waals surface area contributed by atoms with Crippen molar-refractivity contribution < 1.29 is 17.9 Å². The zero-order chi connectivity index (χ0) is 17.0. The summed E-state index contributed by atoms with van der Waals surface area (Å²) in [5.41, 5.74) is 0.987. The topological polar surface area (TPSA) is 67.9 Å². The molecule has 0 spiro atoms. The van der Waals surface area contributed by atoms with Crippen LogP contribution in [0, 0.1) is 5.92 Å². The molecule has 1 saturated carbocycles. The van der Waals surface area contributed by atoms with E-state index in [1.807, 2.05) is 18.2 Å². The number of rotatable bonds is 9. The van der Waals surface area contributed by atoms with Crippen LogP contribution in [0.25, 0.3) is 0 Å². The van der Waals surface area contributed by atoms with Gasteiger partial charge in [-0.2, -0.15) is 0 Å². The van der Waals surface area contributed by atoms with Crippen LogP contribution in [0.15, 0.2) is 18.2 Å². The summed E-state index contributed by atoms with van der Waals surface area (Å²) in [4.78, 5) is 0. The van der Waals surface area contributed by atoms with E-state index in [-0.39, 0.29) is 11.8 Å². The molecule has 1 unspecified atom stereocenters. The molecule has 7 heteroatoms. The standard InChI is InChI=1S/C16H26N2O4S/c1-18(2)23(19,20)11-15(12-5-6-12)17-10-13-7-8-14(21-3)9-16(13)22-4/h7-9,12,15,17H,5-6,10-11H2,1-4H3. The molecule has 1 N–H and O–H groups in total. The van der Waals surface area contributed by atoms with Gasteiger partial charge in [0.2, 0.25) is 10.0 Å². The van der Waals surface area contributed by atoms with Crippen LogP contribution in [0.2, 0.25) is 0 Å². The van der Waals surface area contributed by atoms with Gasteiger partial charge in [0.15, 0.2) is 0 Å². The summed E-state index contributed by atoms with van der Waals surface area (Å²) in [5.74, 6) is 2.04. The first-order valence-corrected chi connectivity index (χ1v) is 9.32. The smallest absolute Gasteiger partial charge is 0.215 e. The minimum Gasteiger partial charge on any atom is -0.497 e. The first kappa shape index (κ1) is 18.0. The number of nitrogens with zero attached hydrogens (tertiary/aromatic N) is 1. The molecule has 1 aromatic rings. The Labute approximate surface area is 138 Å². The summed E-state index contributed by atoms with van der Waals surface area (Å²) in [6.45, 7) is 0.567. The van der Waals surface area contributed by atoms with E-state index in [4.69, 9.17) is 9.47 Å². The van der Waals surface area contributed by atoms with Crippen LogP contribution in [-0.4, -0.2) is 52.8 Å². The Kier molecular flexibility index (Phi) is 5.89. The number of sulfonamides is 1. The van der Waals surface area contributed by atoms with E-state index in [9.17, 15) is 8.42 Å². The first-order valence-electron chi connectivity index (χ1n) is 7.72. The number of nitrogens with one attached hydrogen (secondary N) is 1. The van der Waals surface area contributed by atoms with Crippen LogP contribution in [0.5, 0.6) is 11.5 Å². The summed E-state index contributed by atoms with van der Waals surface area (Å²) in [6, 6.07) is 5.62. The minimum atomic E-state index is -3.21. The number of hydrogen-bond acceptors (Lipinski definition) is 5. The molecule has 2 rings (SSSR count). The van der Waals surface area contributed by atoms with Crippen LogP contribution in [0.1, 0.15) is 18.4 Å². The third kappa shape index (κ3) is 4.83. The SMILES string of the molecule is COc1ccc(CNC(CS(=O)(=O)N(C)C)C2CC2)c(OC)c1. The highest BCUT2D eigenvalue weighted by molar-refractivity contribution is 7.89. The van der Waals surface area contributed by atoms with E-state index in [1.165, 1.54) is 4.31 Å². The lowest BCUT2D eigenvalue weighted by Gasteiger charge is -2.21. The molecule has 23 heavy (non-hydrogen) atoms. The fraction of sp³-hybridized carbons (Fsp3) is 0.625. The molecule has 0 radical (unpaired) electrons. The predicted molar refractivity (Wildman–Crippen MR) is 90.4 cm³/mol. The predicted octanol–water partition coefficient (Wildman–Crippen LogP) is 1.46. The van der Waals surface area contributed by atoms with Crippen molar-refractivity contribution in [3.05, 3.63) is 23.8 Å². The third-order valence-corrected chi connectivity index (χ3v) is 6.08. The third-order valence-electron chi connectivity index (χ3n) is 4.19. The molecule has 0 bridgehead atoms. The largest absolute Gasteiger partial charge is 0.497 e. The fourth-order valence-electron chi connectivity index (χ4n) is 2.48. The maximum Gasteiger partial charge on any atom is 0.215 e. The van der Waals surface area contributed by atoms with Gasteiger partial charge in [0, 0.05) is 38.3 Å². The first-order chi connectivity index (χ1) is 10.9. The van der Waals surface area contributed by atoms with Crippen LogP contribution >= 0.6 is 0 Å². The Bertz CT molecular complexity index is 627. The van der Waals surface area contributed by atoms with E-state index < -0.39 is 10.0 Å². The van der Waals surface area contributed by atoms with Crippen molar-refractivity contribution in [2.24, 2.45) is 5.92 Å². The average molecular weight is 342 g/mol. The van der Waals surface area contributed by atoms with Crippen molar-refractivity contribution in [2.75, 3.05) is 34.1 Å². The summed E-state index contributed by atoms with van der Waals surface area (Å²) in [7, 11) is 3.17. The molecule has 1 aliphatic rings. The monoisotopic (exact) mass is 342 g/mol. The highest BCUT2D eigenvalue weighted by atomic mass is 32.2. The second kappa shape index (κ2) is 7.51. The molecule has 130 valence electrons. The molecular weight excluding hydrogens is 316 g/mol. The molecule has 0 aliphatic heterocycles. The van der Waals surface area contributed by atoms with E-state index >= 15 is 0 Å². The van der Waals surface area contributed by atoms with E-state index in [1.54, 1.807) is 28.3 Å². The van der Waals surface area contributed by atoms with Crippen molar-refractivity contribution in [3.63, 3.8) is 0 Å². The van der Waals surface area contributed by atoms with Crippen LogP contribution in [-0.2, 0) is 16.6 Å². The number of ether oxygens (including phenoxy) is 2. The summed E-state index contributed by atoms with van der Waals surface area (Å²) >= 11 is 0. The van der Waals surface area contributed by atoms with Crippen molar-refractivity contribution >= 4 is 10.0 Å². The van der Waals surface area contributed by atoms with Crippen molar-refractivity contribution in [1.29, 1.82) is 0 Å². The van der Waals surface area contributed by atoms with E-state index in [0.29, 0.717) is 12.5 Å². The molecule has 6 nitrogen and oxygen atoms in total. The number of methoxy groups -OCH3 is 2. The van der Waals surface area contributed by atoms with Gasteiger partial charge in [0.05, 0.1) is 20.0 Å². The molecule has 0 aromatic heterocycles. The van der Waals surface area contributed by atoms with Gasteiger partial charge < -0.3 is 14.8 Å². The number of benzene rings is 1. The Morgan fingerprint density at radius 2 is 1.96 bits per heavy atom. The second-order valence-corrected chi connectivity index (χ2v) is 8.29. The van der Waals surface area contributed by atoms with Crippen molar-refractivity contribution in [1.82, 2.24) is 9.62 Å². The van der Waals surface area contributed by atoms with Gasteiger partial charge in [0.1, 0.15) is 11.5 Å². The molecule has 1 aromatic carbocycles. The molecular formula is C16H26N2O4S. The number of hydrogen-bond donors (Lipinski definition) is 1. The second-order valence-electron chi connectivity index (χ2n) is 6.06. The molecule has 1 atom stereocenters. The Morgan fingerprint density at radius 1 is 1.26 bits per heavy atom. The van der Waals surface area contributed by atoms with Gasteiger partial charge in [-0.05, 0) is 24.8 Å². The zero-order valence-electron chi connectivity index (χ0n) is 14.2. The molecule has 1 aliphatic carbocycles. The Morgan fingerprint density at radius 3 is 2.48 bits per heavy atom. The Balaban J connectivity index is 2.05. The van der Waals surface area contributed by atoms with Gasteiger partial charge in [-0.3, -0.25) is 0 Å². The Hall–Kier alpha value is -1.31.